The maximum absolute atomic E-state index is 5.36. The van der Waals surface area contributed by atoms with Crippen LogP contribution in [0.25, 0.3) is 22.4 Å². The van der Waals surface area contributed by atoms with Crippen LogP contribution in [0.2, 0.25) is 0 Å². The summed E-state index contributed by atoms with van der Waals surface area (Å²) in [6.45, 7) is 2.92. The molecule has 0 bridgehead atoms. The highest BCUT2D eigenvalue weighted by atomic mass is 16.5. The number of benzene rings is 1. The second kappa shape index (κ2) is 6.71. The predicted molar refractivity (Wildman–Crippen MR) is 94.6 cm³/mol. The third kappa shape index (κ3) is 3.05. The second-order valence-electron chi connectivity index (χ2n) is 6.39. The molecular weight excluding hydrogens is 300 g/mol. The van der Waals surface area contributed by atoms with E-state index in [2.05, 4.69) is 39.1 Å². The Kier molecular flexibility index (Phi) is 4.28. The average molecular weight is 322 g/mol. The van der Waals surface area contributed by atoms with Crippen LogP contribution in [0.5, 0.6) is 0 Å². The second-order valence-corrected chi connectivity index (χ2v) is 6.39. The standard InChI is InChI=1S/C19H22N4O/c1-24-13-16-6-3-9-23(16)12-14-4-2-5-15(10-14)18-11-21-19-17(22-18)7-8-20-19/h2,4-5,7-8,10-11,16H,3,6,9,12-13H2,1H3,(H,20,21)/t16-/m1/s1. The third-order valence-electron chi connectivity index (χ3n) is 4.73. The molecule has 1 atom stereocenters. The number of aromatic amines is 1. The number of fused-ring (bicyclic) bond motifs is 1. The van der Waals surface area contributed by atoms with Crippen LogP contribution in [0.3, 0.4) is 0 Å². The lowest BCUT2D eigenvalue weighted by molar-refractivity contribution is 0.112. The molecule has 1 aliphatic rings. The Hall–Kier alpha value is -2.24. The fraction of sp³-hybridized carbons (Fsp3) is 0.368. The predicted octanol–water partition coefficient (Wildman–Crippen LogP) is 3.24. The van der Waals surface area contributed by atoms with Gasteiger partial charge in [-0.2, -0.15) is 0 Å². The molecule has 1 fully saturated rings. The zero-order valence-electron chi connectivity index (χ0n) is 13.9. The number of nitrogens with zero attached hydrogens (tertiary/aromatic N) is 3. The van der Waals surface area contributed by atoms with Crippen LogP contribution >= 0.6 is 0 Å². The van der Waals surface area contributed by atoms with E-state index in [0.29, 0.717) is 6.04 Å². The Morgan fingerprint density at radius 2 is 2.29 bits per heavy atom. The topological polar surface area (TPSA) is 54.0 Å². The summed E-state index contributed by atoms with van der Waals surface area (Å²) in [4.78, 5) is 14.7. The van der Waals surface area contributed by atoms with Crippen molar-refractivity contribution in [3.05, 3.63) is 48.3 Å². The number of hydrogen-bond acceptors (Lipinski definition) is 4. The molecule has 3 heterocycles. The molecule has 1 aliphatic heterocycles. The minimum absolute atomic E-state index is 0.537. The van der Waals surface area contributed by atoms with E-state index < -0.39 is 0 Å². The Morgan fingerprint density at radius 3 is 3.21 bits per heavy atom. The molecule has 0 aliphatic carbocycles. The van der Waals surface area contributed by atoms with Crippen LogP contribution in [-0.4, -0.2) is 46.2 Å². The zero-order chi connectivity index (χ0) is 16.4. The van der Waals surface area contributed by atoms with Crippen molar-refractivity contribution in [1.82, 2.24) is 19.9 Å². The van der Waals surface area contributed by atoms with Gasteiger partial charge >= 0.3 is 0 Å². The van der Waals surface area contributed by atoms with E-state index in [1.165, 1.54) is 18.4 Å². The monoisotopic (exact) mass is 322 g/mol. The molecule has 0 unspecified atom stereocenters. The Labute approximate surface area is 141 Å². The number of H-pyrrole nitrogens is 1. The summed E-state index contributed by atoms with van der Waals surface area (Å²) in [5.74, 6) is 0. The molecule has 4 rings (SSSR count). The van der Waals surface area contributed by atoms with Crippen LogP contribution in [0.15, 0.2) is 42.7 Å². The lowest BCUT2D eigenvalue weighted by Crippen LogP contribution is -2.32. The number of methoxy groups -OCH3 is 1. The van der Waals surface area contributed by atoms with Gasteiger partial charge in [0, 0.05) is 31.5 Å². The fourth-order valence-corrected chi connectivity index (χ4v) is 3.52. The van der Waals surface area contributed by atoms with Gasteiger partial charge in [0.1, 0.15) is 5.52 Å². The first kappa shape index (κ1) is 15.3. The number of likely N-dealkylation sites (tertiary alicyclic amines) is 1. The largest absolute Gasteiger partial charge is 0.383 e. The maximum atomic E-state index is 5.36. The molecule has 24 heavy (non-hydrogen) atoms. The van der Waals surface area contributed by atoms with Crippen molar-refractivity contribution in [2.24, 2.45) is 0 Å². The Bertz CT molecular complexity index is 829. The van der Waals surface area contributed by atoms with Gasteiger partial charge in [0.25, 0.3) is 0 Å². The maximum Gasteiger partial charge on any atom is 0.156 e. The first-order valence-corrected chi connectivity index (χ1v) is 8.46. The van der Waals surface area contributed by atoms with Crippen LogP contribution in [0.4, 0.5) is 0 Å². The fourth-order valence-electron chi connectivity index (χ4n) is 3.52. The minimum atomic E-state index is 0.537. The first-order chi connectivity index (χ1) is 11.8. The summed E-state index contributed by atoms with van der Waals surface area (Å²) in [6, 6.07) is 11.1. The molecule has 0 amide bonds. The van der Waals surface area contributed by atoms with Crippen LogP contribution in [0.1, 0.15) is 18.4 Å². The van der Waals surface area contributed by atoms with Gasteiger partial charge in [-0.05, 0) is 37.1 Å². The lowest BCUT2D eigenvalue weighted by atomic mass is 10.1. The molecule has 5 heteroatoms. The van der Waals surface area contributed by atoms with Gasteiger partial charge in [-0.1, -0.05) is 18.2 Å². The molecule has 0 radical (unpaired) electrons. The number of rotatable bonds is 5. The van der Waals surface area contributed by atoms with Gasteiger partial charge in [0.05, 0.1) is 18.5 Å². The minimum Gasteiger partial charge on any atom is -0.383 e. The van der Waals surface area contributed by atoms with Gasteiger partial charge < -0.3 is 9.72 Å². The zero-order valence-corrected chi connectivity index (χ0v) is 13.9. The van der Waals surface area contributed by atoms with Gasteiger partial charge in [-0.15, -0.1) is 0 Å². The number of ether oxygens (including phenoxy) is 1. The Morgan fingerprint density at radius 1 is 1.33 bits per heavy atom. The highest BCUT2D eigenvalue weighted by Gasteiger charge is 2.24. The average Bonchev–Trinajstić information content (AvgIpc) is 3.24. The van der Waals surface area contributed by atoms with Crippen molar-refractivity contribution in [3.8, 4) is 11.3 Å². The van der Waals surface area contributed by atoms with E-state index in [1.54, 1.807) is 7.11 Å². The van der Waals surface area contributed by atoms with E-state index >= 15 is 0 Å². The molecule has 1 N–H and O–H groups in total. The number of hydrogen-bond donors (Lipinski definition) is 1. The number of nitrogens with one attached hydrogen (secondary N) is 1. The normalized spacial score (nSPS) is 18.5. The van der Waals surface area contributed by atoms with Gasteiger partial charge in [-0.3, -0.25) is 4.90 Å². The van der Waals surface area contributed by atoms with Crippen LogP contribution < -0.4 is 0 Å². The molecule has 124 valence electrons. The molecule has 0 spiro atoms. The van der Waals surface area contributed by atoms with Gasteiger partial charge in [0.15, 0.2) is 5.65 Å². The molecule has 1 saturated heterocycles. The molecule has 3 aromatic rings. The van der Waals surface area contributed by atoms with Crippen molar-refractivity contribution in [1.29, 1.82) is 0 Å². The summed E-state index contributed by atoms with van der Waals surface area (Å²) >= 11 is 0. The van der Waals surface area contributed by atoms with Crippen molar-refractivity contribution >= 4 is 11.2 Å². The van der Waals surface area contributed by atoms with E-state index in [0.717, 1.165) is 42.1 Å². The smallest absolute Gasteiger partial charge is 0.156 e. The molecule has 2 aromatic heterocycles. The molecule has 5 nitrogen and oxygen atoms in total. The SMILES string of the molecule is COC[C@H]1CCCN1Cc1cccc(-c2cnc3[nH]ccc3n2)c1. The third-order valence-corrected chi connectivity index (χ3v) is 4.73. The Balaban J connectivity index is 1.57. The molecule has 1 aromatic carbocycles. The van der Waals surface area contributed by atoms with E-state index in [9.17, 15) is 0 Å². The quantitative estimate of drug-likeness (QED) is 0.783. The summed E-state index contributed by atoms with van der Waals surface area (Å²) in [6.07, 6.45) is 6.18. The highest BCUT2D eigenvalue weighted by Crippen LogP contribution is 2.24. The van der Waals surface area contributed by atoms with Crippen molar-refractivity contribution in [3.63, 3.8) is 0 Å². The van der Waals surface area contributed by atoms with Gasteiger partial charge in [0.2, 0.25) is 0 Å². The van der Waals surface area contributed by atoms with E-state index in [-0.39, 0.29) is 0 Å². The molecular formula is C19H22N4O. The van der Waals surface area contributed by atoms with Crippen molar-refractivity contribution in [2.45, 2.75) is 25.4 Å². The summed E-state index contributed by atoms with van der Waals surface area (Å²) in [5, 5.41) is 0. The van der Waals surface area contributed by atoms with Crippen molar-refractivity contribution < 1.29 is 4.74 Å². The van der Waals surface area contributed by atoms with Crippen molar-refractivity contribution in [2.75, 3.05) is 20.3 Å². The summed E-state index contributed by atoms with van der Waals surface area (Å²) in [7, 11) is 1.78. The van der Waals surface area contributed by atoms with Gasteiger partial charge in [-0.25, -0.2) is 9.97 Å². The van der Waals surface area contributed by atoms with Crippen LogP contribution in [-0.2, 0) is 11.3 Å². The summed E-state index contributed by atoms with van der Waals surface area (Å²) < 4.78 is 5.36. The first-order valence-electron chi connectivity index (χ1n) is 8.46. The van der Waals surface area contributed by atoms with E-state index in [4.69, 9.17) is 9.72 Å². The molecule has 0 saturated carbocycles. The summed E-state index contributed by atoms with van der Waals surface area (Å²) in [5.41, 5.74) is 5.07. The number of aromatic nitrogens is 3. The highest BCUT2D eigenvalue weighted by molar-refractivity contribution is 5.74. The van der Waals surface area contributed by atoms with E-state index in [1.807, 2.05) is 18.5 Å². The van der Waals surface area contributed by atoms with Crippen LogP contribution in [0, 0.1) is 0 Å². The lowest BCUT2D eigenvalue weighted by Gasteiger charge is -2.24.